The molecule has 1 unspecified atom stereocenters. The molecule has 0 saturated carbocycles. The lowest BCUT2D eigenvalue weighted by atomic mass is 9.99. The van der Waals surface area contributed by atoms with E-state index >= 15 is 0 Å². The lowest BCUT2D eigenvalue weighted by Crippen LogP contribution is -2.66. The standard InChI is InChI=1S/C18H30N2O6/c1-5-9-10-11-12-14-15(13-16(21)24-6-2)20(18(23)26-8-4)19(14)17(22)25-7-3/h13-14H,5-12H2,1-4H3/b15-13+. The number of hydrazine groups is 1. The van der Waals surface area contributed by atoms with Gasteiger partial charge in [0, 0.05) is 6.08 Å². The summed E-state index contributed by atoms with van der Waals surface area (Å²) < 4.78 is 15.0. The highest BCUT2D eigenvalue weighted by atomic mass is 16.6. The Bertz CT molecular complexity index is 520. The summed E-state index contributed by atoms with van der Waals surface area (Å²) in [6, 6.07) is -0.417. The van der Waals surface area contributed by atoms with Crippen molar-refractivity contribution in [3.05, 3.63) is 11.8 Å². The Morgan fingerprint density at radius 2 is 1.50 bits per heavy atom. The van der Waals surface area contributed by atoms with E-state index in [-0.39, 0.29) is 19.8 Å². The zero-order valence-corrected chi connectivity index (χ0v) is 16.2. The second kappa shape index (κ2) is 11.4. The molecule has 0 aromatic heterocycles. The highest BCUT2D eigenvalue weighted by Gasteiger charge is 2.50. The molecule has 1 rings (SSSR count). The molecular formula is C18H30N2O6. The number of carbonyl (C=O) groups excluding carboxylic acids is 3. The van der Waals surface area contributed by atoms with Crippen LogP contribution in [0.4, 0.5) is 9.59 Å². The third kappa shape index (κ3) is 5.64. The Kier molecular flexibility index (Phi) is 9.54. The largest absolute Gasteiger partial charge is 0.463 e. The summed E-state index contributed by atoms with van der Waals surface area (Å²) in [5.74, 6) is -0.557. The van der Waals surface area contributed by atoms with Crippen molar-refractivity contribution in [1.29, 1.82) is 0 Å². The van der Waals surface area contributed by atoms with Gasteiger partial charge < -0.3 is 14.2 Å². The predicted octanol–water partition coefficient (Wildman–Crippen LogP) is 3.62. The molecule has 0 aromatic rings. The van der Waals surface area contributed by atoms with Crippen LogP contribution in [0.3, 0.4) is 0 Å². The molecule has 26 heavy (non-hydrogen) atoms. The van der Waals surface area contributed by atoms with E-state index in [0.29, 0.717) is 12.1 Å². The molecule has 1 aliphatic rings. The summed E-state index contributed by atoms with van der Waals surface area (Å²) >= 11 is 0. The minimum atomic E-state index is -0.721. The van der Waals surface area contributed by atoms with E-state index in [2.05, 4.69) is 6.92 Å². The zero-order chi connectivity index (χ0) is 19.5. The zero-order valence-electron chi connectivity index (χ0n) is 16.2. The van der Waals surface area contributed by atoms with Crippen LogP contribution in [0.25, 0.3) is 0 Å². The van der Waals surface area contributed by atoms with Gasteiger partial charge in [-0.1, -0.05) is 32.6 Å². The minimum Gasteiger partial charge on any atom is -0.463 e. The van der Waals surface area contributed by atoms with Gasteiger partial charge in [-0.15, -0.1) is 0 Å². The molecule has 8 nitrogen and oxygen atoms in total. The third-order valence-corrected chi connectivity index (χ3v) is 3.88. The SMILES string of the molecule is CCCCCCC1/C(=C\C(=O)OCC)N(C(=O)OCC)N1C(=O)OCC. The molecule has 0 bridgehead atoms. The molecule has 148 valence electrons. The van der Waals surface area contributed by atoms with Crippen LogP contribution < -0.4 is 0 Å². The first-order valence-corrected chi connectivity index (χ1v) is 9.32. The summed E-state index contributed by atoms with van der Waals surface area (Å²) in [5.41, 5.74) is 0.395. The Balaban J connectivity index is 3.04. The van der Waals surface area contributed by atoms with Gasteiger partial charge in [0.15, 0.2) is 0 Å². The van der Waals surface area contributed by atoms with Crippen molar-refractivity contribution in [2.24, 2.45) is 0 Å². The number of amides is 2. The second-order valence-electron chi connectivity index (χ2n) is 5.74. The number of esters is 1. The van der Waals surface area contributed by atoms with Crippen LogP contribution in [0, 0.1) is 0 Å². The first kappa shape index (κ1) is 21.8. The quantitative estimate of drug-likeness (QED) is 0.267. The van der Waals surface area contributed by atoms with Gasteiger partial charge in [-0.05, 0) is 27.2 Å². The smallest absolute Gasteiger partial charge is 0.433 e. The van der Waals surface area contributed by atoms with Crippen molar-refractivity contribution >= 4 is 18.2 Å². The van der Waals surface area contributed by atoms with Gasteiger partial charge in [-0.25, -0.2) is 14.4 Å². The van der Waals surface area contributed by atoms with Crippen molar-refractivity contribution in [2.75, 3.05) is 19.8 Å². The molecule has 1 aliphatic heterocycles. The molecule has 0 aliphatic carbocycles. The van der Waals surface area contributed by atoms with Gasteiger partial charge in [0.2, 0.25) is 0 Å². The van der Waals surface area contributed by atoms with Crippen LogP contribution in [-0.2, 0) is 19.0 Å². The average Bonchev–Trinajstić information content (AvgIpc) is 2.58. The van der Waals surface area contributed by atoms with E-state index in [1.54, 1.807) is 20.8 Å². The normalized spacial score (nSPS) is 17.7. The average molecular weight is 370 g/mol. The Labute approximate surface area is 155 Å². The van der Waals surface area contributed by atoms with Crippen molar-refractivity contribution in [1.82, 2.24) is 10.0 Å². The summed E-state index contributed by atoms with van der Waals surface area (Å²) in [7, 11) is 0. The van der Waals surface area contributed by atoms with Gasteiger partial charge >= 0.3 is 18.2 Å². The van der Waals surface area contributed by atoms with Crippen LogP contribution in [0.5, 0.6) is 0 Å². The Hall–Kier alpha value is -2.25. The maximum absolute atomic E-state index is 12.3. The molecule has 2 amide bonds. The highest BCUT2D eigenvalue weighted by Crippen LogP contribution is 2.35. The molecule has 1 fully saturated rings. The summed E-state index contributed by atoms with van der Waals surface area (Å²) in [4.78, 5) is 36.5. The van der Waals surface area contributed by atoms with E-state index < -0.39 is 24.2 Å². The molecule has 0 aromatic carbocycles. The van der Waals surface area contributed by atoms with Crippen molar-refractivity contribution in [3.8, 4) is 0 Å². The first-order chi connectivity index (χ1) is 12.5. The number of hydrogen-bond acceptors (Lipinski definition) is 6. The van der Waals surface area contributed by atoms with Crippen LogP contribution in [0.2, 0.25) is 0 Å². The number of ether oxygens (including phenoxy) is 3. The summed E-state index contributed by atoms with van der Waals surface area (Å²) in [6.07, 6.45) is 4.57. The lowest BCUT2D eigenvalue weighted by Gasteiger charge is -2.50. The van der Waals surface area contributed by atoms with E-state index in [4.69, 9.17) is 14.2 Å². The number of hydrogen-bond donors (Lipinski definition) is 0. The monoisotopic (exact) mass is 370 g/mol. The lowest BCUT2D eigenvalue weighted by molar-refractivity contribution is -0.138. The van der Waals surface area contributed by atoms with E-state index in [1.165, 1.54) is 11.1 Å². The molecule has 0 N–H and O–H groups in total. The summed E-state index contributed by atoms with van der Waals surface area (Å²) in [5, 5.41) is 2.28. The maximum atomic E-state index is 12.3. The molecule has 0 spiro atoms. The van der Waals surface area contributed by atoms with Gasteiger partial charge in [-0.3, -0.25) is 0 Å². The van der Waals surface area contributed by atoms with E-state index in [1.807, 2.05) is 0 Å². The first-order valence-electron chi connectivity index (χ1n) is 9.32. The highest BCUT2D eigenvalue weighted by molar-refractivity contribution is 5.87. The molecule has 0 radical (unpaired) electrons. The number of rotatable bonds is 9. The summed E-state index contributed by atoms with van der Waals surface area (Å²) in [6.45, 7) is 7.74. The predicted molar refractivity (Wildman–Crippen MR) is 95.0 cm³/mol. The molecule has 8 heteroatoms. The van der Waals surface area contributed by atoms with Crippen molar-refractivity contribution < 1.29 is 28.6 Å². The van der Waals surface area contributed by atoms with Gasteiger partial charge in [0.25, 0.3) is 0 Å². The number of carbonyl (C=O) groups is 3. The fraction of sp³-hybridized carbons (Fsp3) is 0.722. The van der Waals surface area contributed by atoms with Gasteiger partial charge in [-0.2, -0.15) is 10.0 Å². The van der Waals surface area contributed by atoms with E-state index in [0.717, 1.165) is 30.7 Å². The molecule has 1 atom stereocenters. The van der Waals surface area contributed by atoms with E-state index in [9.17, 15) is 14.4 Å². The van der Waals surface area contributed by atoms with Crippen molar-refractivity contribution in [3.63, 3.8) is 0 Å². The van der Waals surface area contributed by atoms with Crippen LogP contribution in [-0.4, -0.2) is 54.0 Å². The second-order valence-corrected chi connectivity index (χ2v) is 5.74. The van der Waals surface area contributed by atoms with Gasteiger partial charge in [0.05, 0.1) is 25.5 Å². The number of nitrogens with zero attached hydrogens (tertiary/aromatic N) is 2. The maximum Gasteiger partial charge on any atom is 0.433 e. The molecule has 1 heterocycles. The fourth-order valence-electron chi connectivity index (χ4n) is 2.75. The van der Waals surface area contributed by atoms with Crippen LogP contribution in [0.1, 0.15) is 59.8 Å². The molecule has 1 saturated heterocycles. The Morgan fingerprint density at radius 3 is 2.08 bits per heavy atom. The van der Waals surface area contributed by atoms with Crippen LogP contribution in [0.15, 0.2) is 11.8 Å². The third-order valence-electron chi connectivity index (χ3n) is 3.88. The number of unbranched alkanes of at least 4 members (excludes halogenated alkanes) is 3. The minimum absolute atomic E-state index is 0.153. The fourth-order valence-corrected chi connectivity index (χ4v) is 2.75. The van der Waals surface area contributed by atoms with Crippen LogP contribution >= 0.6 is 0 Å². The molecular weight excluding hydrogens is 340 g/mol. The topological polar surface area (TPSA) is 85.4 Å². The Morgan fingerprint density at radius 1 is 0.885 bits per heavy atom. The van der Waals surface area contributed by atoms with Gasteiger partial charge in [0.1, 0.15) is 6.04 Å². The van der Waals surface area contributed by atoms with Crippen molar-refractivity contribution in [2.45, 2.75) is 65.8 Å².